The molecule has 1 aromatic heterocycles. The number of aromatic nitrogens is 1. The molecule has 2 nitrogen and oxygen atoms in total. The van der Waals surface area contributed by atoms with E-state index in [1.807, 2.05) is 0 Å². The number of fused-ring (bicyclic) bond motifs is 3. The van der Waals surface area contributed by atoms with Crippen LogP contribution in [0.15, 0.2) is 194 Å². The van der Waals surface area contributed by atoms with Gasteiger partial charge in [0.25, 0.3) is 0 Å². The maximum atomic E-state index is 2.46. The van der Waals surface area contributed by atoms with Crippen LogP contribution in [0.2, 0.25) is 0 Å². The van der Waals surface area contributed by atoms with E-state index in [-0.39, 0.29) is 0 Å². The molecule has 0 unspecified atom stereocenters. The Morgan fingerprint density at radius 2 is 0.981 bits per heavy atom. The lowest BCUT2D eigenvalue weighted by Gasteiger charge is -2.28. The number of hydrogen-bond acceptors (Lipinski definition) is 1. The first-order valence-electron chi connectivity index (χ1n) is 17.9. The molecule has 0 bridgehead atoms. The van der Waals surface area contributed by atoms with E-state index < -0.39 is 0 Å². The van der Waals surface area contributed by atoms with Gasteiger partial charge in [-0.3, -0.25) is 0 Å². The van der Waals surface area contributed by atoms with Gasteiger partial charge in [0.2, 0.25) is 0 Å². The fourth-order valence-corrected chi connectivity index (χ4v) is 7.76. The average molecular weight is 667 g/mol. The summed E-state index contributed by atoms with van der Waals surface area (Å²) in [6.07, 6.45) is 0. The Morgan fingerprint density at radius 3 is 1.75 bits per heavy atom. The summed E-state index contributed by atoms with van der Waals surface area (Å²) >= 11 is 0. The third-order valence-electron chi connectivity index (χ3n) is 10.2. The van der Waals surface area contributed by atoms with Crippen LogP contribution in [0, 0.1) is 13.8 Å². The third kappa shape index (κ3) is 5.55. The van der Waals surface area contributed by atoms with Gasteiger partial charge >= 0.3 is 0 Å². The molecule has 0 radical (unpaired) electrons. The summed E-state index contributed by atoms with van der Waals surface area (Å²) in [6, 6.07) is 70.3. The Kier molecular flexibility index (Phi) is 7.98. The first-order chi connectivity index (χ1) is 25.6. The largest absolute Gasteiger partial charge is 0.310 e. The summed E-state index contributed by atoms with van der Waals surface area (Å²) in [7, 11) is 0. The zero-order valence-corrected chi connectivity index (χ0v) is 29.4. The van der Waals surface area contributed by atoms with Crippen molar-refractivity contribution < 1.29 is 0 Å². The number of rotatable bonds is 7. The van der Waals surface area contributed by atoms with E-state index in [0.717, 1.165) is 17.1 Å². The van der Waals surface area contributed by atoms with Gasteiger partial charge in [0, 0.05) is 33.3 Å². The Bertz CT molecular complexity index is 2690. The normalized spacial score (nSPS) is 11.3. The van der Waals surface area contributed by atoms with E-state index >= 15 is 0 Å². The van der Waals surface area contributed by atoms with Crippen molar-refractivity contribution in [3.8, 4) is 39.1 Å². The minimum absolute atomic E-state index is 1.09. The molecule has 0 amide bonds. The first kappa shape index (κ1) is 31.3. The Labute approximate surface area is 305 Å². The molecular formula is C50H38N2. The van der Waals surface area contributed by atoms with Gasteiger partial charge in [-0.15, -0.1) is 0 Å². The van der Waals surface area contributed by atoms with Crippen molar-refractivity contribution in [2.24, 2.45) is 0 Å². The van der Waals surface area contributed by atoms with Crippen LogP contribution in [0.25, 0.3) is 60.9 Å². The molecule has 9 aromatic rings. The van der Waals surface area contributed by atoms with E-state index in [1.54, 1.807) is 0 Å². The fourth-order valence-electron chi connectivity index (χ4n) is 7.76. The number of benzene rings is 8. The summed E-state index contributed by atoms with van der Waals surface area (Å²) in [5.41, 5.74) is 16.6. The second-order valence-electron chi connectivity index (χ2n) is 13.5. The highest BCUT2D eigenvalue weighted by molar-refractivity contribution is 6.11. The van der Waals surface area contributed by atoms with Crippen LogP contribution in [-0.4, -0.2) is 4.57 Å². The molecule has 0 saturated heterocycles. The van der Waals surface area contributed by atoms with E-state index in [1.165, 1.54) is 72.0 Å². The topological polar surface area (TPSA) is 8.17 Å². The minimum atomic E-state index is 1.09. The van der Waals surface area contributed by atoms with Crippen LogP contribution in [0.3, 0.4) is 0 Å². The van der Waals surface area contributed by atoms with Crippen molar-refractivity contribution in [1.82, 2.24) is 4.57 Å². The maximum absolute atomic E-state index is 2.46. The molecule has 52 heavy (non-hydrogen) atoms. The molecule has 248 valence electrons. The summed E-state index contributed by atoms with van der Waals surface area (Å²) in [5, 5.41) is 2.47. The van der Waals surface area contributed by atoms with E-state index in [0.29, 0.717) is 0 Å². The number of aryl methyl sites for hydroxylation is 2. The lowest BCUT2D eigenvalue weighted by molar-refractivity contribution is 1.18. The SMILES string of the molecule is Cc1ccc(-c2ccccc2-n2c3ccccc3c3ccc(N(c4ccc(-c5ccccc5)cc4)c4ccccc4-c4ccccc4)cc32)c(C)c1. The Balaban J connectivity index is 1.29. The second-order valence-corrected chi connectivity index (χ2v) is 13.5. The van der Waals surface area contributed by atoms with Crippen molar-refractivity contribution in [3.63, 3.8) is 0 Å². The van der Waals surface area contributed by atoms with Crippen LogP contribution >= 0.6 is 0 Å². The molecule has 0 N–H and O–H groups in total. The molecule has 0 aliphatic carbocycles. The van der Waals surface area contributed by atoms with Crippen LogP contribution in [0.4, 0.5) is 17.1 Å². The van der Waals surface area contributed by atoms with Gasteiger partial charge in [0.1, 0.15) is 0 Å². The number of nitrogens with zero attached hydrogens (tertiary/aromatic N) is 2. The summed E-state index contributed by atoms with van der Waals surface area (Å²) in [6.45, 7) is 4.38. The van der Waals surface area contributed by atoms with Gasteiger partial charge in [-0.1, -0.05) is 157 Å². The highest BCUT2D eigenvalue weighted by Gasteiger charge is 2.21. The quantitative estimate of drug-likeness (QED) is 0.164. The van der Waals surface area contributed by atoms with Crippen LogP contribution in [-0.2, 0) is 0 Å². The molecule has 0 spiro atoms. The van der Waals surface area contributed by atoms with Crippen molar-refractivity contribution in [2.75, 3.05) is 4.90 Å². The predicted octanol–water partition coefficient (Wildman–Crippen LogP) is 13.9. The lowest BCUT2D eigenvalue weighted by Crippen LogP contribution is -2.11. The molecule has 0 aliphatic heterocycles. The van der Waals surface area contributed by atoms with Crippen molar-refractivity contribution in [3.05, 3.63) is 205 Å². The van der Waals surface area contributed by atoms with Crippen molar-refractivity contribution in [1.29, 1.82) is 0 Å². The molecule has 8 aromatic carbocycles. The summed E-state index contributed by atoms with van der Waals surface area (Å²) < 4.78 is 2.46. The van der Waals surface area contributed by atoms with Crippen LogP contribution in [0.5, 0.6) is 0 Å². The van der Waals surface area contributed by atoms with Gasteiger partial charge in [0.05, 0.1) is 22.4 Å². The Morgan fingerprint density at radius 1 is 0.385 bits per heavy atom. The molecule has 9 rings (SSSR count). The van der Waals surface area contributed by atoms with Crippen molar-refractivity contribution >= 4 is 38.9 Å². The van der Waals surface area contributed by atoms with Crippen LogP contribution in [0.1, 0.15) is 11.1 Å². The first-order valence-corrected chi connectivity index (χ1v) is 17.9. The number of hydrogen-bond donors (Lipinski definition) is 0. The lowest BCUT2D eigenvalue weighted by atomic mass is 9.97. The molecule has 0 aliphatic rings. The molecule has 2 heteroatoms. The van der Waals surface area contributed by atoms with E-state index in [4.69, 9.17) is 0 Å². The maximum Gasteiger partial charge on any atom is 0.0562 e. The van der Waals surface area contributed by atoms with Gasteiger partial charge in [-0.05, 0) is 84.1 Å². The van der Waals surface area contributed by atoms with Gasteiger partial charge in [0.15, 0.2) is 0 Å². The molecule has 0 fully saturated rings. The Hall–Kier alpha value is -6.64. The van der Waals surface area contributed by atoms with Crippen molar-refractivity contribution in [2.45, 2.75) is 13.8 Å². The second kappa shape index (κ2) is 13.2. The van der Waals surface area contributed by atoms with E-state index in [2.05, 4.69) is 217 Å². The van der Waals surface area contributed by atoms with Crippen LogP contribution < -0.4 is 4.90 Å². The fraction of sp³-hybridized carbons (Fsp3) is 0.0400. The van der Waals surface area contributed by atoms with Gasteiger partial charge < -0.3 is 9.47 Å². The standard InChI is InChI=1S/C50H38N2/c1-35-25-31-42(36(2)33-35)44-20-10-13-23-48(44)52-49-24-14-11-21-45(49)46-32-30-41(34-50(46)52)51(40-28-26-38(27-29-40)37-15-5-3-6-16-37)47-22-12-9-19-43(47)39-17-7-4-8-18-39/h3-34H,1-2H3. The zero-order chi connectivity index (χ0) is 35.0. The minimum Gasteiger partial charge on any atom is -0.310 e. The zero-order valence-electron chi connectivity index (χ0n) is 29.4. The molecule has 1 heterocycles. The van der Waals surface area contributed by atoms with Gasteiger partial charge in [-0.2, -0.15) is 0 Å². The number of para-hydroxylation sites is 3. The third-order valence-corrected chi connectivity index (χ3v) is 10.2. The highest BCUT2D eigenvalue weighted by Crippen LogP contribution is 2.44. The van der Waals surface area contributed by atoms with Gasteiger partial charge in [-0.25, -0.2) is 0 Å². The number of anilines is 3. The predicted molar refractivity (Wildman–Crippen MR) is 221 cm³/mol. The molecule has 0 saturated carbocycles. The smallest absolute Gasteiger partial charge is 0.0562 e. The summed E-state index contributed by atoms with van der Waals surface area (Å²) in [4.78, 5) is 2.41. The molecular weight excluding hydrogens is 629 g/mol. The van der Waals surface area contributed by atoms with E-state index in [9.17, 15) is 0 Å². The summed E-state index contributed by atoms with van der Waals surface area (Å²) in [5.74, 6) is 0. The average Bonchev–Trinajstić information content (AvgIpc) is 3.53. The highest BCUT2D eigenvalue weighted by atomic mass is 15.1. The molecule has 0 atom stereocenters. The monoisotopic (exact) mass is 666 g/mol.